The molecule has 6 aliphatic rings. The van der Waals surface area contributed by atoms with Gasteiger partial charge < -0.3 is 29.5 Å². The quantitative estimate of drug-likeness (QED) is 0.221. The second kappa shape index (κ2) is 12.3. The highest BCUT2D eigenvalue weighted by Crippen LogP contribution is 2.81. The SMILES string of the molecule is C/C=C(/C)C(=O)O[C@@H]1[C@@H](C)CC2[C@@]3([C@H](O)C[C@]4(C)[C@@]2(CCC2[C@@]5(C)CC[C@H](O)C(C)(C)C5CC[C@]24C)O[C@@H]3O)[C@H]1OC(=O)/C=C\c1ccccc1. The van der Waals surface area contributed by atoms with E-state index in [2.05, 4.69) is 34.6 Å². The number of esters is 2. The lowest BCUT2D eigenvalue weighted by molar-refractivity contribution is -0.308. The molecule has 1 aromatic rings. The fourth-order valence-electron chi connectivity index (χ4n) is 13.6. The lowest BCUT2D eigenvalue weighted by Gasteiger charge is -2.74. The van der Waals surface area contributed by atoms with Crippen molar-refractivity contribution in [2.75, 3.05) is 0 Å². The van der Waals surface area contributed by atoms with E-state index in [4.69, 9.17) is 14.2 Å². The van der Waals surface area contributed by atoms with Crippen LogP contribution in [0, 0.1) is 50.7 Å². The molecular formula is C43H60O8. The third-order valence-corrected chi connectivity index (χ3v) is 16.5. The normalized spacial score (nSPS) is 48.5. The van der Waals surface area contributed by atoms with Crippen molar-refractivity contribution in [1.82, 2.24) is 0 Å². The average Bonchev–Trinajstić information content (AvgIpc) is 3.30. The Morgan fingerprint density at radius 2 is 1.57 bits per heavy atom. The molecule has 1 spiro atoms. The minimum Gasteiger partial charge on any atom is -0.455 e. The van der Waals surface area contributed by atoms with Gasteiger partial charge in [-0.25, -0.2) is 9.59 Å². The second-order valence-electron chi connectivity index (χ2n) is 18.6. The number of carbonyl (C=O) groups is 2. The zero-order valence-electron chi connectivity index (χ0n) is 31.9. The highest BCUT2D eigenvalue weighted by Gasteiger charge is 2.84. The van der Waals surface area contributed by atoms with Gasteiger partial charge in [-0.1, -0.05) is 78.0 Å². The Bertz CT molecular complexity index is 1600. The van der Waals surface area contributed by atoms with Gasteiger partial charge in [-0.3, -0.25) is 0 Å². The van der Waals surface area contributed by atoms with E-state index in [1.165, 1.54) is 6.08 Å². The van der Waals surface area contributed by atoms with Crippen molar-refractivity contribution < 1.29 is 39.1 Å². The van der Waals surface area contributed by atoms with E-state index in [1.54, 1.807) is 26.0 Å². The van der Waals surface area contributed by atoms with Gasteiger partial charge in [0.2, 0.25) is 0 Å². The van der Waals surface area contributed by atoms with E-state index in [9.17, 15) is 24.9 Å². The van der Waals surface area contributed by atoms with Crippen molar-refractivity contribution in [2.45, 2.75) is 143 Å². The predicted octanol–water partition coefficient (Wildman–Crippen LogP) is 7.00. The Kier molecular flexibility index (Phi) is 8.85. The second-order valence-corrected chi connectivity index (χ2v) is 18.6. The number of hydrogen-bond donors (Lipinski definition) is 3. The zero-order valence-corrected chi connectivity index (χ0v) is 31.9. The fraction of sp³-hybridized carbons (Fsp3) is 0.721. The summed E-state index contributed by atoms with van der Waals surface area (Å²) >= 11 is 0. The van der Waals surface area contributed by atoms with Crippen LogP contribution in [-0.2, 0) is 23.8 Å². The maximum atomic E-state index is 13.7. The third kappa shape index (κ3) is 4.84. The van der Waals surface area contributed by atoms with Crippen LogP contribution in [0.1, 0.15) is 112 Å². The minimum absolute atomic E-state index is 0.0179. The summed E-state index contributed by atoms with van der Waals surface area (Å²) < 4.78 is 19.6. The molecule has 5 saturated carbocycles. The number of carbonyl (C=O) groups excluding carboxylic acids is 2. The Hall–Kier alpha value is -2.52. The molecule has 1 aliphatic heterocycles. The monoisotopic (exact) mass is 704 g/mol. The highest BCUT2D eigenvalue weighted by molar-refractivity contribution is 5.88. The Balaban J connectivity index is 1.30. The highest BCUT2D eigenvalue weighted by atomic mass is 16.6. The van der Waals surface area contributed by atoms with E-state index < -0.39 is 53.0 Å². The molecule has 51 heavy (non-hydrogen) atoms. The summed E-state index contributed by atoms with van der Waals surface area (Å²) in [4.78, 5) is 27.0. The van der Waals surface area contributed by atoms with E-state index in [-0.39, 0.29) is 34.2 Å². The van der Waals surface area contributed by atoms with E-state index >= 15 is 0 Å². The van der Waals surface area contributed by atoms with Crippen molar-refractivity contribution >= 4 is 18.0 Å². The van der Waals surface area contributed by atoms with Crippen LogP contribution in [0.2, 0.25) is 0 Å². The van der Waals surface area contributed by atoms with Crippen molar-refractivity contribution in [3.05, 3.63) is 53.6 Å². The number of fused-ring (bicyclic) bond motifs is 4. The van der Waals surface area contributed by atoms with Crippen molar-refractivity contribution in [3.8, 4) is 0 Å². The molecule has 3 unspecified atom stereocenters. The molecule has 14 atom stereocenters. The Labute approximate surface area is 304 Å². The lowest BCUT2D eigenvalue weighted by atomic mass is 9.30. The van der Waals surface area contributed by atoms with Crippen molar-refractivity contribution in [2.24, 2.45) is 50.7 Å². The van der Waals surface area contributed by atoms with Gasteiger partial charge in [-0.05, 0) is 111 Å². The molecule has 8 heteroatoms. The topological polar surface area (TPSA) is 123 Å². The summed E-state index contributed by atoms with van der Waals surface area (Å²) in [6.45, 7) is 17.1. The summed E-state index contributed by atoms with van der Waals surface area (Å²) in [7, 11) is 0. The van der Waals surface area contributed by atoms with Crippen LogP contribution in [0.4, 0.5) is 0 Å². The molecule has 2 bridgehead atoms. The minimum atomic E-state index is -1.43. The number of ether oxygens (including phenoxy) is 3. The van der Waals surface area contributed by atoms with Crippen LogP contribution in [0.5, 0.6) is 0 Å². The molecule has 8 nitrogen and oxygen atoms in total. The van der Waals surface area contributed by atoms with Crippen LogP contribution < -0.4 is 0 Å². The zero-order chi connectivity index (χ0) is 36.9. The molecule has 0 aromatic heterocycles. The summed E-state index contributed by atoms with van der Waals surface area (Å²) in [6.07, 6.45) is 6.09. The third-order valence-electron chi connectivity index (χ3n) is 16.5. The summed E-state index contributed by atoms with van der Waals surface area (Å²) in [5, 5.41) is 36.2. The standard InChI is InChI=1S/C43H60O8/c1-9-25(2)36(47)50-34-26(3)23-30-42-22-18-29-39(6)20-19-31(44)38(4,5)28(39)17-21-40(29,7)41(42,8)24-32(45)43(30,37(48)51-42)35(34)49-33(46)16-15-27-13-11-10-12-14-27/h9-16,26,28-32,34-35,37,44-45,48H,17-24H2,1-8H3/b16-15-,25-9-/t26-,28?,29?,30?,31-,32+,34+,35-,37-,39-,40+,41-,42-,43+/m0/s1. The van der Waals surface area contributed by atoms with Gasteiger partial charge in [-0.15, -0.1) is 0 Å². The Morgan fingerprint density at radius 1 is 0.882 bits per heavy atom. The van der Waals surface area contributed by atoms with Gasteiger partial charge in [0.15, 0.2) is 12.4 Å². The van der Waals surface area contributed by atoms with Gasteiger partial charge in [0.25, 0.3) is 0 Å². The van der Waals surface area contributed by atoms with E-state index in [0.717, 1.165) is 37.7 Å². The number of allylic oxidation sites excluding steroid dienone is 1. The molecule has 1 saturated heterocycles. The molecule has 5 aliphatic carbocycles. The lowest BCUT2D eigenvalue weighted by Crippen LogP contribution is -2.76. The van der Waals surface area contributed by atoms with Crippen LogP contribution in [0.3, 0.4) is 0 Å². The maximum absolute atomic E-state index is 13.7. The van der Waals surface area contributed by atoms with Gasteiger partial charge in [0, 0.05) is 23.0 Å². The number of aliphatic hydroxyl groups excluding tert-OH is 3. The Morgan fingerprint density at radius 3 is 2.25 bits per heavy atom. The summed E-state index contributed by atoms with van der Waals surface area (Å²) in [6, 6.07) is 9.45. The van der Waals surface area contributed by atoms with Crippen LogP contribution in [-0.4, -0.2) is 63.6 Å². The first-order valence-corrected chi connectivity index (χ1v) is 19.4. The molecule has 0 radical (unpaired) electrons. The largest absolute Gasteiger partial charge is 0.455 e. The fourth-order valence-corrected chi connectivity index (χ4v) is 13.6. The summed E-state index contributed by atoms with van der Waals surface area (Å²) in [5.74, 6) is -1.000. The molecule has 1 aromatic carbocycles. The van der Waals surface area contributed by atoms with Gasteiger partial charge in [-0.2, -0.15) is 0 Å². The molecular weight excluding hydrogens is 644 g/mol. The van der Waals surface area contributed by atoms with Crippen LogP contribution in [0.15, 0.2) is 48.1 Å². The number of hydrogen-bond acceptors (Lipinski definition) is 8. The first-order chi connectivity index (χ1) is 23.9. The summed E-state index contributed by atoms with van der Waals surface area (Å²) in [5.41, 5.74) is -1.80. The first kappa shape index (κ1) is 36.8. The van der Waals surface area contributed by atoms with Gasteiger partial charge in [0.1, 0.15) is 6.10 Å². The number of benzene rings is 1. The van der Waals surface area contributed by atoms with Crippen LogP contribution >= 0.6 is 0 Å². The maximum Gasteiger partial charge on any atom is 0.333 e. The van der Waals surface area contributed by atoms with Crippen molar-refractivity contribution in [1.29, 1.82) is 0 Å². The number of aliphatic hydroxyl groups is 3. The molecule has 0 amide bonds. The molecule has 280 valence electrons. The van der Waals surface area contributed by atoms with Crippen molar-refractivity contribution in [3.63, 3.8) is 0 Å². The van der Waals surface area contributed by atoms with E-state index in [1.807, 2.05) is 37.3 Å². The van der Waals surface area contributed by atoms with Gasteiger partial charge >= 0.3 is 11.9 Å². The molecule has 3 N–H and O–H groups in total. The van der Waals surface area contributed by atoms with Gasteiger partial charge in [0.05, 0.1) is 23.2 Å². The van der Waals surface area contributed by atoms with Crippen LogP contribution in [0.25, 0.3) is 6.08 Å². The smallest absolute Gasteiger partial charge is 0.333 e. The molecule has 6 fully saturated rings. The first-order valence-electron chi connectivity index (χ1n) is 19.4. The number of rotatable bonds is 5. The molecule has 1 heterocycles. The van der Waals surface area contributed by atoms with E-state index in [0.29, 0.717) is 36.7 Å². The predicted molar refractivity (Wildman–Crippen MR) is 194 cm³/mol. The average molecular weight is 705 g/mol. The molecule has 7 rings (SSSR count).